The van der Waals surface area contributed by atoms with E-state index in [9.17, 15) is 14.4 Å². The number of anilines is 3. The van der Waals surface area contributed by atoms with Crippen LogP contribution in [0.4, 0.5) is 26.1 Å². The van der Waals surface area contributed by atoms with Crippen molar-refractivity contribution >= 4 is 56.8 Å². The molecule has 2 amide bonds. The Morgan fingerprint density at radius 1 is 0.957 bits per heavy atom. The molecule has 5 rings (SSSR count). The lowest BCUT2D eigenvalue weighted by atomic mass is 10.2. The van der Waals surface area contributed by atoms with E-state index in [-0.39, 0.29) is 24.2 Å². The lowest BCUT2D eigenvalue weighted by Gasteiger charge is -2.25. The van der Waals surface area contributed by atoms with Crippen LogP contribution in [-0.4, -0.2) is 70.8 Å². The number of nitrogens with zero attached hydrogens (tertiary/aromatic N) is 7. The number of aliphatic hydroxyl groups is 1. The van der Waals surface area contributed by atoms with Crippen LogP contribution in [-0.2, 0) is 16.0 Å². The first-order valence-corrected chi connectivity index (χ1v) is 15.2. The lowest BCUT2D eigenvalue weighted by molar-refractivity contribution is 0.0521. The molecule has 0 aliphatic carbocycles. The number of nitrogens with one attached hydrogen (secondary N) is 1. The highest BCUT2D eigenvalue weighted by atomic mass is 32.1. The molecule has 46 heavy (non-hydrogen) atoms. The zero-order chi connectivity index (χ0) is 33.2. The zero-order valence-corrected chi connectivity index (χ0v) is 27.0. The highest BCUT2D eigenvalue weighted by Crippen LogP contribution is 2.36. The van der Waals surface area contributed by atoms with Crippen molar-refractivity contribution in [2.75, 3.05) is 16.8 Å². The highest BCUT2D eigenvalue weighted by molar-refractivity contribution is 7.18. The Labute approximate surface area is 268 Å². The molecule has 3 aromatic heterocycles. The van der Waals surface area contributed by atoms with Gasteiger partial charge in [0.15, 0.2) is 0 Å². The Kier molecular flexibility index (Phi) is 8.90. The quantitative estimate of drug-likeness (QED) is 0.219. The number of benzene rings is 2. The summed E-state index contributed by atoms with van der Waals surface area (Å²) in [6.45, 7) is 10.8. The third-order valence-electron chi connectivity index (χ3n) is 6.15. The largest absolute Gasteiger partial charge is 0.443 e. The van der Waals surface area contributed by atoms with Crippen molar-refractivity contribution in [1.29, 1.82) is 0 Å². The number of hydrogen-bond donors (Lipinski definition) is 2. The molecule has 240 valence electrons. The van der Waals surface area contributed by atoms with Crippen molar-refractivity contribution in [2.24, 2.45) is 0 Å². The second kappa shape index (κ2) is 12.7. The van der Waals surface area contributed by atoms with E-state index in [0.29, 0.717) is 38.4 Å². The van der Waals surface area contributed by atoms with Crippen LogP contribution in [0, 0.1) is 0 Å². The fourth-order valence-corrected chi connectivity index (χ4v) is 5.13. The van der Waals surface area contributed by atoms with Gasteiger partial charge in [0, 0.05) is 22.8 Å². The van der Waals surface area contributed by atoms with Gasteiger partial charge in [0.2, 0.25) is 5.13 Å². The van der Waals surface area contributed by atoms with E-state index < -0.39 is 23.4 Å². The summed E-state index contributed by atoms with van der Waals surface area (Å²) < 4.78 is 13.8. The van der Waals surface area contributed by atoms with Crippen LogP contribution in [0.1, 0.15) is 51.9 Å². The Bertz CT molecular complexity index is 1900. The number of carbonyl (C=O) groups is 3. The number of ether oxygens (including phenoxy) is 2. The molecule has 14 nitrogen and oxygen atoms in total. The summed E-state index contributed by atoms with van der Waals surface area (Å²) in [5, 5.41) is 30.2. The molecule has 0 fully saturated rings. The summed E-state index contributed by atoms with van der Waals surface area (Å²) in [4.78, 5) is 40.3. The van der Waals surface area contributed by atoms with Gasteiger partial charge in [-0.05, 0) is 71.9 Å². The average molecular weight is 647 g/mol. The molecule has 2 aromatic carbocycles. The number of rotatable bonds is 7. The van der Waals surface area contributed by atoms with Crippen molar-refractivity contribution in [1.82, 2.24) is 29.8 Å². The van der Waals surface area contributed by atoms with Gasteiger partial charge in [-0.25, -0.2) is 14.5 Å². The summed E-state index contributed by atoms with van der Waals surface area (Å²) >= 11 is 1.16. The van der Waals surface area contributed by atoms with Crippen LogP contribution in [0.2, 0.25) is 0 Å². The molecule has 3 heterocycles. The van der Waals surface area contributed by atoms with Gasteiger partial charge in [0.25, 0.3) is 5.91 Å². The molecular formula is C31H34N8O6S. The highest BCUT2D eigenvalue weighted by Gasteiger charge is 2.29. The Morgan fingerprint density at radius 3 is 2.43 bits per heavy atom. The third-order valence-corrected chi connectivity index (χ3v) is 7.11. The van der Waals surface area contributed by atoms with Crippen LogP contribution in [0.5, 0.6) is 0 Å². The van der Waals surface area contributed by atoms with Crippen LogP contribution >= 0.6 is 11.3 Å². The zero-order valence-electron chi connectivity index (χ0n) is 26.2. The molecule has 0 bridgehead atoms. The van der Waals surface area contributed by atoms with E-state index in [4.69, 9.17) is 14.6 Å². The van der Waals surface area contributed by atoms with Gasteiger partial charge in [-0.2, -0.15) is 14.9 Å². The fourth-order valence-electron chi connectivity index (χ4n) is 4.27. The van der Waals surface area contributed by atoms with Crippen molar-refractivity contribution in [3.05, 3.63) is 66.6 Å². The van der Waals surface area contributed by atoms with Gasteiger partial charge in [-0.15, -0.1) is 10.2 Å². The molecule has 0 saturated heterocycles. The van der Waals surface area contributed by atoms with E-state index in [2.05, 4.69) is 25.7 Å². The van der Waals surface area contributed by atoms with Gasteiger partial charge in [0.05, 0.1) is 42.3 Å². The Hall–Kier alpha value is -5.15. The van der Waals surface area contributed by atoms with Gasteiger partial charge in [-0.1, -0.05) is 23.5 Å². The number of hydrogen-bond acceptors (Lipinski definition) is 11. The molecule has 2 N–H and O–H groups in total. The van der Waals surface area contributed by atoms with Gasteiger partial charge >= 0.3 is 12.2 Å². The standard InChI is InChI=1S/C31H34N8O6S/c1-30(2,3)44-28(42)38(23-10-11-24-20(15-23)16-33-39(24)29(43)45-31(4,5)6)27-36-35-26(46-27)19-8-7-9-22(14-19)34-25(41)21-17-32-37(18-21)12-13-40/h7-11,14-18,40H,12-13H2,1-6H3,(H,34,41). The van der Waals surface area contributed by atoms with Gasteiger partial charge in [0.1, 0.15) is 16.2 Å². The first-order chi connectivity index (χ1) is 21.7. The minimum atomic E-state index is -0.796. The maximum Gasteiger partial charge on any atom is 0.435 e. The molecule has 0 unspecified atom stereocenters. The number of aromatic nitrogens is 6. The molecule has 0 radical (unpaired) electrons. The van der Waals surface area contributed by atoms with E-state index in [1.54, 1.807) is 84.1 Å². The molecule has 5 aromatic rings. The van der Waals surface area contributed by atoms with Gasteiger partial charge in [-0.3, -0.25) is 9.48 Å². The summed E-state index contributed by atoms with van der Waals surface area (Å²) in [6.07, 6.45) is 3.20. The smallest absolute Gasteiger partial charge is 0.435 e. The van der Waals surface area contributed by atoms with Crippen molar-refractivity contribution < 1.29 is 29.0 Å². The second-order valence-corrected chi connectivity index (χ2v) is 13.2. The average Bonchev–Trinajstić information content (AvgIpc) is 3.72. The monoisotopic (exact) mass is 646 g/mol. The first-order valence-electron chi connectivity index (χ1n) is 14.3. The van der Waals surface area contributed by atoms with Crippen LogP contribution in [0.25, 0.3) is 21.5 Å². The Morgan fingerprint density at radius 2 is 1.72 bits per heavy atom. The first kappa shape index (κ1) is 32.2. The SMILES string of the molecule is CC(C)(C)OC(=O)N(c1ccc2c(cnn2C(=O)OC(C)(C)C)c1)c1nnc(-c2cccc(NC(=O)c3cnn(CCO)c3)c2)s1. The maximum atomic E-state index is 13.5. The summed E-state index contributed by atoms with van der Waals surface area (Å²) in [5.41, 5.74) is 0.958. The van der Waals surface area contributed by atoms with Crippen molar-refractivity contribution in [3.8, 4) is 10.6 Å². The van der Waals surface area contributed by atoms with E-state index in [1.165, 1.54) is 22.0 Å². The molecular weight excluding hydrogens is 612 g/mol. The van der Waals surface area contributed by atoms with Crippen LogP contribution < -0.4 is 10.2 Å². The topological polar surface area (TPSA) is 167 Å². The molecule has 0 atom stereocenters. The van der Waals surface area contributed by atoms with E-state index in [0.717, 1.165) is 16.0 Å². The molecule has 0 aliphatic heterocycles. The Balaban J connectivity index is 1.43. The van der Waals surface area contributed by atoms with E-state index >= 15 is 0 Å². The minimum absolute atomic E-state index is 0.0899. The molecule has 0 aliphatic rings. The number of aliphatic hydroxyl groups excluding tert-OH is 1. The summed E-state index contributed by atoms with van der Waals surface area (Å²) in [6, 6.07) is 12.1. The minimum Gasteiger partial charge on any atom is -0.443 e. The lowest BCUT2D eigenvalue weighted by Crippen LogP contribution is -2.33. The molecule has 0 saturated carbocycles. The molecule has 0 spiro atoms. The number of fused-ring (bicyclic) bond motifs is 1. The number of carbonyl (C=O) groups excluding carboxylic acids is 3. The van der Waals surface area contributed by atoms with Crippen LogP contribution in [0.15, 0.2) is 61.1 Å². The predicted octanol–water partition coefficient (Wildman–Crippen LogP) is 5.85. The van der Waals surface area contributed by atoms with Crippen molar-refractivity contribution in [3.63, 3.8) is 0 Å². The molecule has 15 heteroatoms. The normalized spacial score (nSPS) is 11.8. The summed E-state index contributed by atoms with van der Waals surface area (Å²) in [7, 11) is 0. The maximum absolute atomic E-state index is 13.5. The predicted molar refractivity (Wildman–Crippen MR) is 172 cm³/mol. The van der Waals surface area contributed by atoms with E-state index in [1.807, 2.05) is 6.07 Å². The second-order valence-electron chi connectivity index (χ2n) is 12.2. The van der Waals surface area contributed by atoms with Crippen LogP contribution in [0.3, 0.4) is 0 Å². The van der Waals surface area contributed by atoms with Crippen molar-refractivity contribution in [2.45, 2.75) is 59.3 Å². The fraction of sp³-hybridized carbons (Fsp3) is 0.323. The third kappa shape index (κ3) is 7.55. The van der Waals surface area contributed by atoms with Gasteiger partial charge < -0.3 is 19.9 Å². The number of amides is 2. The summed E-state index contributed by atoms with van der Waals surface area (Å²) in [5.74, 6) is -0.360.